The highest BCUT2D eigenvalue weighted by atomic mass is 16.5. The molecule has 0 radical (unpaired) electrons. The number of nitrogens with one attached hydrogen (secondary N) is 1. The molecule has 1 aromatic carbocycles. The van der Waals surface area contributed by atoms with Crippen LogP contribution in [0.15, 0.2) is 30.9 Å². The van der Waals surface area contributed by atoms with Crippen LogP contribution < -0.4 is 10.1 Å². The molecule has 0 fully saturated rings. The Bertz CT molecular complexity index is 829. The fraction of sp³-hybridized carbons (Fsp3) is 0.294. The number of benzene rings is 1. The summed E-state index contributed by atoms with van der Waals surface area (Å²) in [6, 6.07) is 4.13. The zero-order valence-electron chi connectivity index (χ0n) is 13.5. The number of methoxy groups -OCH3 is 1. The van der Waals surface area contributed by atoms with E-state index in [1.807, 2.05) is 6.07 Å². The van der Waals surface area contributed by atoms with Crippen LogP contribution in [-0.2, 0) is 6.42 Å². The highest BCUT2D eigenvalue weighted by Gasteiger charge is 2.08. The molecule has 0 bridgehead atoms. The standard InChI is InChI=1S/C17H19N5O/c1-11-12(2)14(23-3)5-4-13(11)6-7-19-16-15-17(22-10-21-16)20-9-8-18-15/h4-5,8-10H,6-7H2,1-3H3,(H,19,20,21,22). The van der Waals surface area contributed by atoms with Gasteiger partial charge in [-0.15, -0.1) is 0 Å². The molecule has 0 aliphatic heterocycles. The van der Waals surface area contributed by atoms with Gasteiger partial charge in [0.2, 0.25) is 0 Å². The summed E-state index contributed by atoms with van der Waals surface area (Å²) in [6.07, 6.45) is 5.67. The van der Waals surface area contributed by atoms with Gasteiger partial charge in [-0.25, -0.2) is 19.9 Å². The fourth-order valence-corrected chi connectivity index (χ4v) is 2.58. The Morgan fingerprint density at radius 1 is 1.00 bits per heavy atom. The van der Waals surface area contributed by atoms with Crippen LogP contribution >= 0.6 is 0 Å². The number of nitrogens with zero attached hydrogens (tertiary/aromatic N) is 4. The van der Waals surface area contributed by atoms with Crippen molar-refractivity contribution < 1.29 is 4.74 Å². The van der Waals surface area contributed by atoms with Gasteiger partial charge < -0.3 is 10.1 Å². The number of fused-ring (bicyclic) bond motifs is 1. The van der Waals surface area contributed by atoms with E-state index in [9.17, 15) is 0 Å². The van der Waals surface area contributed by atoms with Gasteiger partial charge in [0.25, 0.3) is 0 Å². The summed E-state index contributed by atoms with van der Waals surface area (Å²) in [6.45, 7) is 4.96. The predicted molar refractivity (Wildman–Crippen MR) is 89.8 cm³/mol. The summed E-state index contributed by atoms with van der Waals surface area (Å²) >= 11 is 0. The smallest absolute Gasteiger partial charge is 0.183 e. The second kappa shape index (κ2) is 6.56. The van der Waals surface area contributed by atoms with Gasteiger partial charge in [-0.1, -0.05) is 6.07 Å². The van der Waals surface area contributed by atoms with Gasteiger partial charge >= 0.3 is 0 Å². The summed E-state index contributed by atoms with van der Waals surface area (Å²) in [4.78, 5) is 16.9. The summed E-state index contributed by atoms with van der Waals surface area (Å²) in [7, 11) is 1.70. The van der Waals surface area contributed by atoms with Crippen molar-refractivity contribution >= 4 is 17.0 Å². The minimum Gasteiger partial charge on any atom is -0.496 e. The summed E-state index contributed by atoms with van der Waals surface area (Å²) in [5, 5.41) is 3.33. The summed E-state index contributed by atoms with van der Waals surface area (Å²) < 4.78 is 5.36. The molecule has 0 amide bonds. The minimum atomic E-state index is 0.599. The molecule has 0 spiro atoms. The van der Waals surface area contributed by atoms with Gasteiger partial charge in [0.05, 0.1) is 7.11 Å². The molecule has 23 heavy (non-hydrogen) atoms. The van der Waals surface area contributed by atoms with Crippen molar-refractivity contribution in [3.8, 4) is 5.75 Å². The molecule has 0 saturated carbocycles. The van der Waals surface area contributed by atoms with Crippen LogP contribution in [0.3, 0.4) is 0 Å². The molecule has 3 rings (SSSR count). The van der Waals surface area contributed by atoms with Crippen LogP contribution in [0.2, 0.25) is 0 Å². The van der Waals surface area contributed by atoms with E-state index in [2.05, 4.69) is 45.2 Å². The van der Waals surface area contributed by atoms with E-state index in [1.54, 1.807) is 19.5 Å². The summed E-state index contributed by atoms with van der Waals surface area (Å²) in [5.74, 6) is 1.64. The second-order valence-corrected chi connectivity index (χ2v) is 5.30. The van der Waals surface area contributed by atoms with Crippen molar-refractivity contribution in [3.05, 3.63) is 47.5 Å². The molecular weight excluding hydrogens is 290 g/mol. The van der Waals surface area contributed by atoms with E-state index in [4.69, 9.17) is 4.74 Å². The maximum absolute atomic E-state index is 5.36. The van der Waals surface area contributed by atoms with Crippen molar-refractivity contribution in [2.75, 3.05) is 19.0 Å². The number of ether oxygens (including phenoxy) is 1. The van der Waals surface area contributed by atoms with Gasteiger partial charge in [-0.05, 0) is 43.0 Å². The lowest BCUT2D eigenvalue weighted by molar-refractivity contribution is 0.411. The van der Waals surface area contributed by atoms with Crippen LogP contribution in [0.1, 0.15) is 16.7 Å². The van der Waals surface area contributed by atoms with Crippen LogP contribution in [0.5, 0.6) is 5.75 Å². The normalized spacial score (nSPS) is 10.7. The zero-order valence-corrected chi connectivity index (χ0v) is 13.5. The Kier molecular flexibility index (Phi) is 4.32. The molecule has 0 saturated heterocycles. The highest BCUT2D eigenvalue weighted by Crippen LogP contribution is 2.24. The molecular formula is C17H19N5O. The van der Waals surface area contributed by atoms with E-state index >= 15 is 0 Å². The molecule has 0 aliphatic rings. The third-order valence-corrected chi connectivity index (χ3v) is 4.03. The van der Waals surface area contributed by atoms with Gasteiger partial charge in [-0.3, -0.25) is 0 Å². The Hall–Kier alpha value is -2.76. The first kappa shape index (κ1) is 15.1. The Balaban J connectivity index is 1.73. The number of aromatic nitrogens is 4. The maximum Gasteiger partial charge on any atom is 0.183 e. The SMILES string of the molecule is COc1ccc(CCNc2ncnc3nccnc23)c(C)c1C. The first-order valence-electron chi connectivity index (χ1n) is 7.49. The van der Waals surface area contributed by atoms with Crippen LogP contribution in [0.25, 0.3) is 11.2 Å². The molecule has 0 aliphatic carbocycles. The van der Waals surface area contributed by atoms with Crippen LogP contribution in [-0.4, -0.2) is 33.6 Å². The van der Waals surface area contributed by atoms with Gasteiger partial charge in [0, 0.05) is 18.9 Å². The summed E-state index contributed by atoms with van der Waals surface area (Å²) in [5.41, 5.74) is 5.03. The molecule has 6 nitrogen and oxygen atoms in total. The van der Waals surface area contributed by atoms with E-state index in [0.29, 0.717) is 17.0 Å². The van der Waals surface area contributed by atoms with Crippen molar-refractivity contribution in [3.63, 3.8) is 0 Å². The topological polar surface area (TPSA) is 72.8 Å². The highest BCUT2D eigenvalue weighted by molar-refractivity contribution is 5.81. The number of anilines is 1. The number of hydrogen-bond donors (Lipinski definition) is 1. The average Bonchev–Trinajstić information content (AvgIpc) is 2.59. The third kappa shape index (κ3) is 3.06. The lowest BCUT2D eigenvalue weighted by Crippen LogP contribution is -2.09. The molecule has 2 aromatic heterocycles. The second-order valence-electron chi connectivity index (χ2n) is 5.30. The Labute approximate surface area is 135 Å². The van der Waals surface area contributed by atoms with Crippen molar-refractivity contribution in [2.24, 2.45) is 0 Å². The first-order chi connectivity index (χ1) is 11.2. The lowest BCUT2D eigenvalue weighted by atomic mass is 10.00. The van der Waals surface area contributed by atoms with E-state index in [0.717, 1.165) is 18.7 Å². The average molecular weight is 309 g/mol. The fourth-order valence-electron chi connectivity index (χ4n) is 2.58. The largest absolute Gasteiger partial charge is 0.496 e. The van der Waals surface area contributed by atoms with E-state index in [-0.39, 0.29) is 0 Å². The van der Waals surface area contributed by atoms with Gasteiger partial charge in [0.15, 0.2) is 11.5 Å². The monoisotopic (exact) mass is 309 g/mol. The number of rotatable bonds is 5. The van der Waals surface area contributed by atoms with Crippen molar-refractivity contribution in [1.82, 2.24) is 19.9 Å². The van der Waals surface area contributed by atoms with Gasteiger partial charge in [0.1, 0.15) is 17.6 Å². The Morgan fingerprint density at radius 2 is 1.83 bits per heavy atom. The molecule has 3 aromatic rings. The van der Waals surface area contributed by atoms with E-state index in [1.165, 1.54) is 23.0 Å². The number of hydrogen-bond acceptors (Lipinski definition) is 6. The van der Waals surface area contributed by atoms with Crippen LogP contribution in [0, 0.1) is 13.8 Å². The quantitative estimate of drug-likeness (QED) is 0.781. The predicted octanol–water partition coefficient (Wildman–Crippen LogP) is 2.70. The molecule has 1 N–H and O–H groups in total. The van der Waals surface area contributed by atoms with Crippen LogP contribution in [0.4, 0.5) is 5.82 Å². The molecule has 0 atom stereocenters. The molecule has 6 heteroatoms. The molecule has 0 unspecified atom stereocenters. The lowest BCUT2D eigenvalue weighted by Gasteiger charge is -2.13. The minimum absolute atomic E-state index is 0.599. The molecule has 2 heterocycles. The van der Waals surface area contributed by atoms with E-state index < -0.39 is 0 Å². The maximum atomic E-state index is 5.36. The van der Waals surface area contributed by atoms with Crippen molar-refractivity contribution in [1.29, 1.82) is 0 Å². The molecule has 118 valence electrons. The third-order valence-electron chi connectivity index (χ3n) is 4.03. The first-order valence-corrected chi connectivity index (χ1v) is 7.49. The van der Waals surface area contributed by atoms with Gasteiger partial charge in [-0.2, -0.15) is 0 Å². The zero-order chi connectivity index (χ0) is 16.2. The Morgan fingerprint density at radius 3 is 2.65 bits per heavy atom. The van der Waals surface area contributed by atoms with Crippen molar-refractivity contribution in [2.45, 2.75) is 20.3 Å².